The second kappa shape index (κ2) is 12.3. The summed E-state index contributed by atoms with van der Waals surface area (Å²) in [5.74, 6) is 0.800. The molecular weight excluding hydrogens is 464 g/mol. The van der Waals surface area contributed by atoms with Gasteiger partial charge >= 0.3 is 0 Å². The minimum Gasteiger partial charge on any atom is -0.495 e. The molecule has 3 aromatic rings. The molecule has 0 saturated carbocycles. The number of nitrogens with one attached hydrogen (secondary N) is 1. The Hall–Kier alpha value is -3.52. The van der Waals surface area contributed by atoms with Crippen LogP contribution in [0.15, 0.2) is 83.8 Å². The van der Waals surface area contributed by atoms with Crippen LogP contribution in [-0.4, -0.2) is 40.6 Å². The molecule has 3 aromatic carbocycles. The maximum atomic E-state index is 13.4. The minimum absolute atomic E-state index is 0.101. The Bertz CT molecular complexity index is 1200. The SMILES string of the molecule is COc1ccccc1N(CC(=O)NCCCc1ccc(OC(C)C)cc1)S(=O)(=O)c1ccccc1. The third-order valence-electron chi connectivity index (χ3n) is 5.23. The van der Waals surface area contributed by atoms with Gasteiger partial charge < -0.3 is 14.8 Å². The van der Waals surface area contributed by atoms with Crippen LogP contribution in [-0.2, 0) is 21.2 Å². The first kappa shape index (κ1) is 26.1. The zero-order valence-corrected chi connectivity index (χ0v) is 21.1. The quantitative estimate of drug-likeness (QED) is 0.375. The number of benzene rings is 3. The Morgan fingerprint density at radius 3 is 2.26 bits per heavy atom. The Morgan fingerprint density at radius 1 is 0.943 bits per heavy atom. The van der Waals surface area contributed by atoms with E-state index in [4.69, 9.17) is 9.47 Å². The second-order valence-electron chi connectivity index (χ2n) is 8.26. The fourth-order valence-electron chi connectivity index (χ4n) is 3.57. The highest BCUT2D eigenvalue weighted by atomic mass is 32.2. The Morgan fingerprint density at radius 2 is 1.60 bits per heavy atom. The summed E-state index contributed by atoms with van der Waals surface area (Å²) >= 11 is 0. The van der Waals surface area contributed by atoms with E-state index in [2.05, 4.69) is 5.32 Å². The van der Waals surface area contributed by atoms with E-state index < -0.39 is 15.9 Å². The molecule has 35 heavy (non-hydrogen) atoms. The number of para-hydroxylation sites is 2. The predicted octanol–water partition coefficient (Wildman–Crippen LogP) is 4.43. The molecule has 0 atom stereocenters. The smallest absolute Gasteiger partial charge is 0.264 e. The van der Waals surface area contributed by atoms with Gasteiger partial charge in [-0.1, -0.05) is 42.5 Å². The van der Waals surface area contributed by atoms with Crippen molar-refractivity contribution in [2.75, 3.05) is 24.5 Å². The van der Waals surface area contributed by atoms with Crippen LogP contribution in [0.4, 0.5) is 5.69 Å². The summed E-state index contributed by atoms with van der Waals surface area (Å²) in [6, 6.07) is 22.7. The van der Waals surface area contributed by atoms with Crippen LogP contribution in [0.2, 0.25) is 0 Å². The summed E-state index contributed by atoms with van der Waals surface area (Å²) in [5, 5.41) is 2.84. The van der Waals surface area contributed by atoms with E-state index in [0.29, 0.717) is 18.0 Å². The zero-order valence-electron chi connectivity index (χ0n) is 20.3. The molecule has 186 valence electrons. The monoisotopic (exact) mass is 496 g/mol. The summed E-state index contributed by atoms with van der Waals surface area (Å²) in [4.78, 5) is 12.9. The van der Waals surface area contributed by atoms with Crippen molar-refractivity contribution in [3.63, 3.8) is 0 Å². The van der Waals surface area contributed by atoms with Crippen molar-refractivity contribution in [2.24, 2.45) is 0 Å². The third kappa shape index (κ3) is 7.23. The van der Waals surface area contributed by atoms with Crippen molar-refractivity contribution < 1.29 is 22.7 Å². The van der Waals surface area contributed by atoms with Crippen LogP contribution in [0.3, 0.4) is 0 Å². The van der Waals surface area contributed by atoms with Crippen molar-refractivity contribution in [2.45, 2.75) is 37.7 Å². The van der Waals surface area contributed by atoms with E-state index in [1.807, 2.05) is 38.1 Å². The van der Waals surface area contributed by atoms with Crippen molar-refractivity contribution in [1.29, 1.82) is 0 Å². The average Bonchev–Trinajstić information content (AvgIpc) is 2.86. The van der Waals surface area contributed by atoms with Gasteiger partial charge in [-0.25, -0.2) is 8.42 Å². The van der Waals surface area contributed by atoms with Crippen LogP contribution in [0.25, 0.3) is 0 Å². The van der Waals surface area contributed by atoms with Gasteiger partial charge in [-0.2, -0.15) is 0 Å². The number of carbonyl (C=O) groups excluding carboxylic acids is 1. The van der Waals surface area contributed by atoms with Gasteiger partial charge in [-0.05, 0) is 68.7 Å². The summed E-state index contributed by atoms with van der Waals surface area (Å²) in [6.45, 7) is 4.03. The number of ether oxygens (including phenoxy) is 2. The zero-order chi connectivity index (χ0) is 25.3. The largest absolute Gasteiger partial charge is 0.495 e. The first-order chi connectivity index (χ1) is 16.8. The predicted molar refractivity (Wildman–Crippen MR) is 138 cm³/mol. The molecule has 0 fully saturated rings. The molecular formula is C27H32N2O5S. The lowest BCUT2D eigenvalue weighted by Gasteiger charge is -2.25. The van der Waals surface area contributed by atoms with E-state index in [0.717, 1.165) is 28.5 Å². The summed E-state index contributed by atoms with van der Waals surface area (Å²) in [5.41, 5.74) is 1.44. The number of sulfonamides is 1. The number of aryl methyl sites for hydroxylation is 1. The van der Waals surface area contributed by atoms with E-state index >= 15 is 0 Å². The molecule has 1 amide bonds. The molecule has 0 aliphatic rings. The number of nitrogens with zero attached hydrogens (tertiary/aromatic N) is 1. The van der Waals surface area contributed by atoms with Gasteiger partial charge in [0.1, 0.15) is 18.0 Å². The lowest BCUT2D eigenvalue weighted by Crippen LogP contribution is -2.41. The molecule has 0 unspecified atom stereocenters. The highest BCUT2D eigenvalue weighted by Gasteiger charge is 2.29. The number of rotatable bonds is 12. The van der Waals surface area contributed by atoms with Gasteiger partial charge in [0, 0.05) is 6.54 Å². The molecule has 0 aliphatic carbocycles. The van der Waals surface area contributed by atoms with Gasteiger partial charge in [0.15, 0.2) is 0 Å². The van der Waals surface area contributed by atoms with Gasteiger partial charge in [0.05, 0.1) is 23.8 Å². The lowest BCUT2D eigenvalue weighted by molar-refractivity contribution is -0.119. The van der Waals surface area contributed by atoms with Crippen molar-refractivity contribution in [1.82, 2.24) is 5.32 Å². The van der Waals surface area contributed by atoms with Gasteiger partial charge in [0.2, 0.25) is 5.91 Å². The molecule has 0 aromatic heterocycles. The summed E-state index contributed by atoms with van der Waals surface area (Å²) in [7, 11) is -2.52. The molecule has 0 heterocycles. The van der Waals surface area contributed by atoms with E-state index in [9.17, 15) is 13.2 Å². The summed E-state index contributed by atoms with van der Waals surface area (Å²) in [6.07, 6.45) is 1.62. The van der Waals surface area contributed by atoms with E-state index in [1.54, 1.807) is 42.5 Å². The van der Waals surface area contributed by atoms with Crippen LogP contribution >= 0.6 is 0 Å². The van der Waals surface area contributed by atoms with Crippen molar-refractivity contribution in [3.05, 3.63) is 84.4 Å². The van der Waals surface area contributed by atoms with E-state index in [-0.39, 0.29) is 17.5 Å². The topological polar surface area (TPSA) is 84.9 Å². The van der Waals surface area contributed by atoms with Crippen LogP contribution in [0.1, 0.15) is 25.8 Å². The van der Waals surface area contributed by atoms with E-state index in [1.165, 1.54) is 19.2 Å². The highest BCUT2D eigenvalue weighted by molar-refractivity contribution is 7.92. The van der Waals surface area contributed by atoms with Crippen molar-refractivity contribution in [3.8, 4) is 11.5 Å². The minimum atomic E-state index is -3.99. The second-order valence-corrected chi connectivity index (χ2v) is 10.1. The molecule has 8 heteroatoms. The standard InChI is InChI=1S/C27H32N2O5S/c1-21(2)34-23-17-15-22(16-18-23)10-9-19-28-27(30)20-29(25-13-7-8-14-26(25)33-3)35(31,32)24-11-5-4-6-12-24/h4-8,11-18,21H,9-10,19-20H2,1-3H3,(H,28,30). The van der Waals surface area contributed by atoms with Crippen molar-refractivity contribution >= 4 is 21.6 Å². The van der Waals surface area contributed by atoms with Gasteiger partial charge in [-0.15, -0.1) is 0 Å². The Labute approximate surface area is 207 Å². The molecule has 0 saturated heterocycles. The Kier molecular flexibility index (Phi) is 9.14. The number of amides is 1. The molecule has 0 radical (unpaired) electrons. The summed E-state index contributed by atoms with van der Waals surface area (Å²) < 4.78 is 39.0. The first-order valence-corrected chi connectivity index (χ1v) is 13.0. The maximum Gasteiger partial charge on any atom is 0.264 e. The highest BCUT2D eigenvalue weighted by Crippen LogP contribution is 2.32. The molecule has 0 aliphatic heterocycles. The number of carbonyl (C=O) groups is 1. The first-order valence-electron chi connectivity index (χ1n) is 11.5. The van der Waals surface area contributed by atoms with Gasteiger partial charge in [0.25, 0.3) is 10.0 Å². The van der Waals surface area contributed by atoms with Crippen LogP contribution < -0.4 is 19.1 Å². The number of hydrogen-bond donors (Lipinski definition) is 1. The normalized spacial score (nSPS) is 11.2. The number of hydrogen-bond acceptors (Lipinski definition) is 5. The number of methoxy groups -OCH3 is 1. The fraction of sp³-hybridized carbons (Fsp3) is 0.296. The lowest BCUT2D eigenvalue weighted by atomic mass is 10.1. The number of anilines is 1. The fourth-order valence-corrected chi connectivity index (χ4v) is 5.02. The molecule has 1 N–H and O–H groups in total. The molecule has 0 spiro atoms. The van der Waals surface area contributed by atoms with Crippen LogP contribution in [0.5, 0.6) is 11.5 Å². The maximum absolute atomic E-state index is 13.4. The molecule has 0 bridgehead atoms. The third-order valence-corrected chi connectivity index (χ3v) is 7.01. The molecule has 7 nitrogen and oxygen atoms in total. The van der Waals surface area contributed by atoms with Crippen LogP contribution in [0, 0.1) is 0 Å². The Balaban J connectivity index is 1.65. The van der Waals surface area contributed by atoms with Gasteiger partial charge in [-0.3, -0.25) is 9.10 Å². The molecule has 3 rings (SSSR count). The average molecular weight is 497 g/mol.